The van der Waals surface area contributed by atoms with Crippen LogP contribution in [-0.2, 0) is 13.6 Å². The zero-order valence-electron chi connectivity index (χ0n) is 15.2. The molecule has 1 aromatic carbocycles. The van der Waals surface area contributed by atoms with Crippen molar-refractivity contribution in [3.05, 3.63) is 75.0 Å². The van der Waals surface area contributed by atoms with Gasteiger partial charge in [0.05, 0.1) is 6.54 Å². The Morgan fingerprint density at radius 2 is 1.89 bits per heavy atom. The van der Waals surface area contributed by atoms with Gasteiger partial charge < -0.3 is 0 Å². The van der Waals surface area contributed by atoms with Crippen LogP contribution < -0.4 is 11.2 Å². The maximum atomic E-state index is 13.3. The molecule has 0 aliphatic heterocycles. The highest BCUT2D eigenvalue weighted by atomic mass is 19.1. The molecule has 0 fully saturated rings. The fraction of sp³-hybridized carbons (Fsp3) is 0.211. The quantitative estimate of drug-likeness (QED) is 0.521. The van der Waals surface area contributed by atoms with E-state index in [-0.39, 0.29) is 12.4 Å². The van der Waals surface area contributed by atoms with Crippen LogP contribution in [0.2, 0.25) is 0 Å². The van der Waals surface area contributed by atoms with E-state index in [2.05, 4.69) is 11.6 Å². The lowest BCUT2D eigenvalue weighted by molar-refractivity contribution is 0.627. The number of rotatable bonds is 3. The summed E-state index contributed by atoms with van der Waals surface area (Å²) in [7, 11) is 1.58. The van der Waals surface area contributed by atoms with Gasteiger partial charge in [-0.25, -0.2) is 9.18 Å². The molecule has 0 aliphatic carbocycles. The number of imidazole rings is 2. The van der Waals surface area contributed by atoms with E-state index in [1.54, 1.807) is 36.7 Å². The number of allylic oxidation sites excluding steroid dienone is 1. The number of benzene rings is 1. The molecule has 3 aromatic heterocycles. The van der Waals surface area contributed by atoms with Gasteiger partial charge in [0.1, 0.15) is 5.82 Å². The molecule has 138 valence electrons. The molecule has 0 radical (unpaired) electrons. The molecule has 7 nitrogen and oxygen atoms in total. The van der Waals surface area contributed by atoms with Gasteiger partial charge in [-0.05, 0) is 38.1 Å². The summed E-state index contributed by atoms with van der Waals surface area (Å²) in [5, 5.41) is 0. The van der Waals surface area contributed by atoms with Crippen LogP contribution in [0.15, 0.2) is 52.2 Å². The molecule has 0 saturated carbocycles. The first-order valence-corrected chi connectivity index (χ1v) is 8.40. The lowest BCUT2D eigenvalue weighted by Crippen LogP contribution is -2.39. The predicted octanol–water partition coefficient (Wildman–Crippen LogP) is 2.16. The van der Waals surface area contributed by atoms with Gasteiger partial charge in [0.15, 0.2) is 11.2 Å². The van der Waals surface area contributed by atoms with Gasteiger partial charge in [-0.2, -0.15) is 4.98 Å². The fourth-order valence-electron chi connectivity index (χ4n) is 3.33. The molecule has 0 N–H and O–H groups in total. The molecule has 0 amide bonds. The summed E-state index contributed by atoms with van der Waals surface area (Å²) in [6.45, 7) is 7.57. The van der Waals surface area contributed by atoms with Gasteiger partial charge in [0.25, 0.3) is 5.56 Å². The summed E-state index contributed by atoms with van der Waals surface area (Å²) < 4.78 is 19.3. The highest BCUT2D eigenvalue weighted by Gasteiger charge is 2.20. The van der Waals surface area contributed by atoms with Gasteiger partial charge in [-0.15, -0.1) is 0 Å². The molecule has 0 aliphatic rings. The van der Waals surface area contributed by atoms with Gasteiger partial charge in [0.2, 0.25) is 5.78 Å². The smallest absolute Gasteiger partial charge is 0.283 e. The molecule has 3 heterocycles. The van der Waals surface area contributed by atoms with Crippen molar-refractivity contribution < 1.29 is 4.39 Å². The predicted molar refractivity (Wildman–Crippen MR) is 101 cm³/mol. The summed E-state index contributed by atoms with van der Waals surface area (Å²) in [5.41, 5.74) is 2.00. The molecule has 0 atom stereocenters. The van der Waals surface area contributed by atoms with E-state index < -0.39 is 11.2 Å². The number of fused-ring (bicyclic) bond motifs is 3. The van der Waals surface area contributed by atoms with Crippen LogP contribution in [-0.4, -0.2) is 23.1 Å². The first-order chi connectivity index (χ1) is 12.8. The van der Waals surface area contributed by atoms with Gasteiger partial charge in [0, 0.05) is 24.6 Å². The molecule has 4 rings (SSSR count). The van der Waals surface area contributed by atoms with Crippen LogP contribution in [0.4, 0.5) is 4.39 Å². The van der Waals surface area contributed by atoms with Crippen LogP contribution in [0, 0.1) is 12.7 Å². The summed E-state index contributed by atoms with van der Waals surface area (Å²) in [6.07, 6.45) is 1.78. The Bertz CT molecular complexity index is 1340. The minimum Gasteiger partial charge on any atom is -0.283 e. The van der Waals surface area contributed by atoms with Crippen LogP contribution in [0.5, 0.6) is 0 Å². The van der Waals surface area contributed by atoms with E-state index in [1.165, 1.54) is 16.7 Å². The molecule has 27 heavy (non-hydrogen) atoms. The van der Waals surface area contributed by atoms with E-state index in [0.717, 1.165) is 10.3 Å². The van der Waals surface area contributed by atoms with E-state index in [0.29, 0.717) is 28.2 Å². The number of aryl methyl sites for hydroxylation is 2. The fourth-order valence-corrected chi connectivity index (χ4v) is 3.33. The topological polar surface area (TPSA) is 66.2 Å². The summed E-state index contributed by atoms with van der Waals surface area (Å²) >= 11 is 0. The van der Waals surface area contributed by atoms with Crippen molar-refractivity contribution in [1.82, 2.24) is 23.1 Å². The van der Waals surface area contributed by atoms with Gasteiger partial charge >= 0.3 is 5.69 Å². The molecule has 0 unspecified atom stereocenters. The first kappa shape index (κ1) is 17.0. The summed E-state index contributed by atoms with van der Waals surface area (Å²) in [4.78, 5) is 30.1. The Morgan fingerprint density at radius 3 is 2.52 bits per heavy atom. The van der Waals surface area contributed by atoms with E-state index in [9.17, 15) is 14.0 Å². The Hall–Kier alpha value is -3.42. The van der Waals surface area contributed by atoms with Crippen LogP contribution in [0.3, 0.4) is 0 Å². The lowest BCUT2D eigenvalue weighted by atomic mass is 10.3. The number of aromatic nitrogens is 5. The minimum atomic E-state index is -0.443. The zero-order chi connectivity index (χ0) is 19.5. The maximum absolute atomic E-state index is 13.3. The Labute approximate surface area is 153 Å². The molecular formula is C19H18FN5O2. The second kappa shape index (κ2) is 5.80. The molecule has 4 aromatic rings. The molecule has 0 saturated heterocycles. The lowest BCUT2D eigenvalue weighted by Gasteiger charge is -2.07. The Morgan fingerprint density at radius 1 is 1.22 bits per heavy atom. The highest BCUT2D eigenvalue weighted by molar-refractivity contribution is 5.76. The van der Waals surface area contributed by atoms with Crippen molar-refractivity contribution in [1.29, 1.82) is 0 Å². The maximum Gasteiger partial charge on any atom is 0.332 e. The van der Waals surface area contributed by atoms with Crippen molar-refractivity contribution in [3.63, 3.8) is 0 Å². The number of halogens is 1. The zero-order valence-corrected chi connectivity index (χ0v) is 15.2. The third kappa shape index (κ3) is 2.44. The second-order valence-corrected chi connectivity index (χ2v) is 6.73. The standard InChI is InChI=1S/C19H18FN5O2/c1-11(2)9-24-17(26)15-16(22(4)19(24)27)21-18-23(15)10-12(3)25(18)14-7-5-13(20)6-8-14/h5-8,10H,1,9H2,2-4H3. The third-order valence-electron chi connectivity index (χ3n) is 4.54. The first-order valence-electron chi connectivity index (χ1n) is 8.40. The summed E-state index contributed by atoms with van der Waals surface area (Å²) in [5.74, 6) is 0.146. The van der Waals surface area contributed by atoms with Crippen LogP contribution in [0.25, 0.3) is 22.6 Å². The van der Waals surface area contributed by atoms with Crippen LogP contribution in [0.1, 0.15) is 12.6 Å². The van der Waals surface area contributed by atoms with Gasteiger partial charge in [-0.1, -0.05) is 12.2 Å². The average Bonchev–Trinajstić information content (AvgIpc) is 3.12. The SMILES string of the molecule is C=C(C)Cn1c(=O)c2c(nc3n(-c4ccc(F)cc4)c(C)cn23)n(C)c1=O. The van der Waals surface area contributed by atoms with Crippen molar-refractivity contribution in [2.24, 2.45) is 7.05 Å². The monoisotopic (exact) mass is 367 g/mol. The Kier molecular flexibility index (Phi) is 3.66. The third-order valence-corrected chi connectivity index (χ3v) is 4.54. The van der Waals surface area contributed by atoms with Gasteiger partial charge in [-0.3, -0.25) is 22.9 Å². The average molecular weight is 367 g/mol. The molecular weight excluding hydrogens is 349 g/mol. The van der Waals surface area contributed by atoms with E-state index in [1.807, 2.05) is 11.5 Å². The molecule has 0 spiro atoms. The highest BCUT2D eigenvalue weighted by Crippen LogP contribution is 2.21. The largest absolute Gasteiger partial charge is 0.332 e. The van der Waals surface area contributed by atoms with Crippen molar-refractivity contribution in [3.8, 4) is 5.69 Å². The summed E-state index contributed by atoms with van der Waals surface area (Å²) in [6, 6.07) is 6.01. The van der Waals surface area contributed by atoms with Crippen molar-refractivity contribution in [2.45, 2.75) is 20.4 Å². The number of nitrogens with zero attached hydrogens (tertiary/aromatic N) is 5. The van der Waals surface area contributed by atoms with Crippen molar-refractivity contribution >= 4 is 16.9 Å². The van der Waals surface area contributed by atoms with Crippen LogP contribution >= 0.6 is 0 Å². The van der Waals surface area contributed by atoms with E-state index in [4.69, 9.17) is 0 Å². The van der Waals surface area contributed by atoms with E-state index >= 15 is 0 Å². The normalized spacial score (nSPS) is 11.6. The molecule has 0 bridgehead atoms. The molecule has 8 heteroatoms. The minimum absolute atomic E-state index is 0.145. The number of hydrogen-bond acceptors (Lipinski definition) is 3. The second-order valence-electron chi connectivity index (χ2n) is 6.73. The number of hydrogen-bond donors (Lipinski definition) is 0. The Balaban J connectivity index is 2.12. The van der Waals surface area contributed by atoms with Crippen molar-refractivity contribution in [2.75, 3.05) is 0 Å².